The van der Waals surface area contributed by atoms with Crippen LogP contribution in [0.3, 0.4) is 0 Å². The Balaban J connectivity index is 1.26. The highest BCUT2D eigenvalue weighted by molar-refractivity contribution is 5.90. The van der Waals surface area contributed by atoms with E-state index in [-0.39, 0.29) is 13.2 Å². The minimum absolute atomic E-state index is 0.155. The van der Waals surface area contributed by atoms with Gasteiger partial charge in [-0.25, -0.2) is 14.4 Å². The third-order valence-electron chi connectivity index (χ3n) is 10.5. The molecule has 0 unspecified atom stereocenters. The molecular formula is C48H63NO10. The fraction of sp³-hybridized carbons (Fsp3) is 0.521. The first-order valence-corrected chi connectivity index (χ1v) is 21.4. The van der Waals surface area contributed by atoms with Crippen LogP contribution in [-0.4, -0.2) is 79.8 Å². The standard InChI is InChI=1S/C48H63NO10/c1-4-5-6-7-8-9-10-11-12-13-14-15-25-32-39(55-45(51)36-28-21-17-22-29-36)38(49)33-54-47-43(57-46(52)37-30-23-18-24-31-37)42-41(58-48(2,3)59-42)40(56-47)34-53-44(50)35-26-19-16-20-27-35/h16-32,38-43,47H,4-15,33-34,49H2,1-3H3/b32-25+/t38-,39+,40+,41-,42-,43+,47+/m0/s1. The molecule has 11 nitrogen and oxygen atoms in total. The Bertz CT molecular complexity index is 1720. The van der Waals surface area contributed by atoms with E-state index in [0.29, 0.717) is 16.7 Å². The Morgan fingerprint density at radius 1 is 0.695 bits per heavy atom. The highest BCUT2D eigenvalue weighted by Crippen LogP contribution is 2.39. The first-order valence-electron chi connectivity index (χ1n) is 21.4. The van der Waals surface area contributed by atoms with Gasteiger partial charge in [-0.15, -0.1) is 0 Å². The minimum Gasteiger partial charge on any atom is -0.459 e. The second kappa shape index (κ2) is 24.0. The summed E-state index contributed by atoms with van der Waals surface area (Å²) in [5, 5.41) is 0. The summed E-state index contributed by atoms with van der Waals surface area (Å²) in [5.41, 5.74) is 7.85. The van der Waals surface area contributed by atoms with E-state index in [1.807, 2.05) is 24.3 Å². The molecule has 2 saturated heterocycles. The van der Waals surface area contributed by atoms with Gasteiger partial charge < -0.3 is 38.9 Å². The van der Waals surface area contributed by atoms with Gasteiger partial charge in [0, 0.05) is 0 Å². The van der Waals surface area contributed by atoms with Gasteiger partial charge in [0.05, 0.1) is 29.3 Å². The van der Waals surface area contributed by atoms with Gasteiger partial charge in [0.2, 0.25) is 0 Å². The Hall–Kier alpha value is -4.39. The average Bonchev–Trinajstić information content (AvgIpc) is 3.59. The first kappa shape index (κ1) is 45.7. The van der Waals surface area contributed by atoms with E-state index in [2.05, 4.69) is 6.92 Å². The van der Waals surface area contributed by atoms with Crippen LogP contribution < -0.4 is 5.73 Å². The van der Waals surface area contributed by atoms with Gasteiger partial charge in [0.1, 0.15) is 31.0 Å². The number of unbranched alkanes of at least 4 members (excludes halogenated alkanes) is 11. The average molecular weight is 814 g/mol. The van der Waals surface area contributed by atoms with Crippen molar-refractivity contribution in [2.24, 2.45) is 5.73 Å². The molecule has 2 aliphatic heterocycles. The normalized spacial score (nSPS) is 22.0. The SMILES string of the molecule is CCCCCCCCCCCCC/C=C/[C@@H](OC(=O)c1ccccc1)[C@@H](N)CO[C@@H]1O[C@H](COC(=O)c2ccccc2)[C@@H]2OC(C)(C)O[C@@H]2[C@H]1OC(=O)c1ccccc1. The summed E-state index contributed by atoms with van der Waals surface area (Å²) in [6.07, 6.45) is 12.7. The molecule has 0 amide bonds. The number of carbonyl (C=O) groups excluding carboxylic acids is 3. The lowest BCUT2D eigenvalue weighted by atomic mass is 9.99. The second-order valence-electron chi connectivity index (χ2n) is 15.8. The summed E-state index contributed by atoms with van der Waals surface area (Å²) in [5.74, 6) is -2.75. The van der Waals surface area contributed by atoms with Crippen molar-refractivity contribution >= 4 is 17.9 Å². The number of nitrogens with two attached hydrogens (primary N) is 1. The Morgan fingerprint density at radius 2 is 1.20 bits per heavy atom. The van der Waals surface area contributed by atoms with Gasteiger partial charge in [0.15, 0.2) is 18.2 Å². The van der Waals surface area contributed by atoms with E-state index in [0.717, 1.165) is 19.3 Å². The van der Waals surface area contributed by atoms with Crippen molar-refractivity contribution in [3.8, 4) is 0 Å². The van der Waals surface area contributed by atoms with Crippen LogP contribution in [0.5, 0.6) is 0 Å². The van der Waals surface area contributed by atoms with Crippen molar-refractivity contribution in [1.29, 1.82) is 0 Å². The topological polar surface area (TPSA) is 142 Å². The second-order valence-corrected chi connectivity index (χ2v) is 15.8. The maximum Gasteiger partial charge on any atom is 0.338 e. The number of esters is 3. The zero-order valence-electron chi connectivity index (χ0n) is 34.9. The molecule has 2 aliphatic rings. The number of allylic oxidation sites excluding steroid dienone is 1. The zero-order chi connectivity index (χ0) is 41.9. The summed E-state index contributed by atoms with van der Waals surface area (Å²) in [4.78, 5) is 39.7. The minimum atomic E-state index is -1.22. The van der Waals surface area contributed by atoms with Crippen molar-refractivity contribution in [3.05, 3.63) is 120 Å². The summed E-state index contributed by atoms with van der Waals surface area (Å²) >= 11 is 0. The molecule has 2 N–H and O–H groups in total. The van der Waals surface area contributed by atoms with E-state index in [9.17, 15) is 14.4 Å². The largest absolute Gasteiger partial charge is 0.459 e. The molecule has 3 aromatic carbocycles. The van der Waals surface area contributed by atoms with Gasteiger partial charge in [-0.2, -0.15) is 0 Å². The number of carbonyl (C=O) groups is 3. The van der Waals surface area contributed by atoms with Crippen LogP contribution in [0.4, 0.5) is 0 Å². The fourth-order valence-corrected chi connectivity index (χ4v) is 7.31. The third-order valence-corrected chi connectivity index (χ3v) is 10.5. The molecule has 3 aromatic rings. The fourth-order valence-electron chi connectivity index (χ4n) is 7.31. The van der Waals surface area contributed by atoms with Gasteiger partial charge >= 0.3 is 17.9 Å². The van der Waals surface area contributed by atoms with Gasteiger partial charge in [0.25, 0.3) is 0 Å². The monoisotopic (exact) mass is 813 g/mol. The van der Waals surface area contributed by atoms with Gasteiger partial charge in [-0.1, -0.05) is 132 Å². The molecule has 5 rings (SSSR count). The number of ether oxygens (including phenoxy) is 7. The third kappa shape index (κ3) is 14.7. The maximum absolute atomic E-state index is 13.5. The van der Waals surface area contributed by atoms with Crippen molar-refractivity contribution in [3.63, 3.8) is 0 Å². The molecular weight excluding hydrogens is 751 g/mol. The molecule has 2 heterocycles. The van der Waals surface area contributed by atoms with Gasteiger partial charge in [-0.05, 0) is 69.2 Å². The van der Waals surface area contributed by atoms with Crippen LogP contribution >= 0.6 is 0 Å². The first-order chi connectivity index (χ1) is 28.6. The summed E-state index contributed by atoms with van der Waals surface area (Å²) in [6.45, 7) is 5.38. The molecule has 7 atom stereocenters. The van der Waals surface area contributed by atoms with Crippen molar-refractivity contribution in [2.75, 3.05) is 13.2 Å². The number of benzene rings is 3. The van der Waals surface area contributed by atoms with E-state index in [1.54, 1.807) is 92.7 Å². The molecule has 2 fully saturated rings. The molecule has 0 aliphatic carbocycles. The Kier molecular flexibility index (Phi) is 18.6. The summed E-state index contributed by atoms with van der Waals surface area (Å²) in [7, 11) is 0. The lowest BCUT2D eigenvalue weighted by Crippen LogP contribution is -2.60. The van der Waals surface area contributed by atoms with Crippen molar-refractivity contribution in [1.82, 2.24) is 0 Å². The zero-order valence-corrected chi connectivity index (χ0v) is 34.9. The number of hydrogen-bond donors (Lipinski definition) is 1. The quantitative estimate of drug-likeness (QED) is 0.0401. The summed E-state index contributed by atoms with van der Waals surface area (Å²) in [6, 6.07) is 25.1. The van der Waals surface area contributed by atoms with Crippen LogP contribution in [0.15, 0.2) is 103 Å². The number of fused-ring (bicyclic) bond motifs is 1. The predicted octanol–water partition coefficient (Wildman–Crippen LogP) is 9.14. The van der Waals surface area contributed by atoms with E-state index >= 15 is 0 Å². The smallest absolute Gasteiger partial charge is 0.338 e. The maximum atomic E-state index is 13.5. The Morgan fingerprint density at radius 3 is 1.78 bits per heavy atom. The molecule has 0 aromatic heterocycles. The van der Waals surface area contributed by atoms with Crippen LogP contribution in [0.1, 0.15) is 129 Å². The van der Waals surface area contributed by atoms with Crippen LogP contribution in [0.25, 0.3) is 0 Å². The number of rotatable bonds is 24. The van der Waals surface area contributed by atoms with E-state index in [1.165, 1.54) is 57.8 Å². The van der Waals surface area contributed by atoms with Crippen LogP contribution in [0, 0.1) is 0 Å². The van der Waals surface area contributed by atoms with Crippen molar-refractivity contribution in [2.45, 2.75) is 146 Å². The molecule has 0 saturated carbocycles. The lowest BCUT2D eigenvalue weighted by Gasteiger charge is -2.41. The highest BCUT2D eigenvalue weighted by Gasteiger charge is 2.57. The van der Waals surface area contributed by atoms with Crippen LogP contribution in [-0.2, 0) is 33.2 Å². The van der Waals surface area contributed by atoms with E-state index in [4.69, 9.17) is 38.9 Å². The molecule has 0 bridgehead atoms. The van der Waals surface area contributed by atoms with Crippen molar-refractivity contribution < 1.29 is 47.5 Å². The molecule has 0 spiro atoms. The predicted molar refractivity (Wildman–Crippen MR) is 225 cm³/mol. The molecule has 0 radical (unpaired) electrons. The molecule has 59 heavy (non-hydrogen) atoms. The molecule has 320 valence electrons. The lowest BCUT2D eigenvalue weighted by molar-refractivity contribution is -0.282. The Labute approximate surface area is 349 Å². The van der Waals surface area contributed by atoms with E-state index < -0.39 is 66.5 Å². The highest BCUT2D eigenvalue weighted by atomic mass is 16.8. The molecule has 11 heteroatoms. The van der Waals surface area contributed by atoms with Crippen LogP contribution in [0.2, 0.25) is 0 Å². The number of hydrogen-bond acceptors (Lipinski definition) is 11. The summed E-state index contributed by atoms with van der Waals surface area (Å²) < 4.78 is 43.1. The van der Waals surface area contributed by atoms with Gasteiger partial charge in [-0.3, -0.25) is 0 Å².